The zero-order chi connectivity index (χ0) is 11.1. The highest BCUT2D eigenvalue weighted by Crippen LogP contribution is 1.97. The van der Waals surface area contributed by atoms with E-state index in [1.807, 2.05) is 6.07 Å². The molecule has 0 radical (unpaired) electrons. The summed E-state index contributed by atoms with van der Waals surface area (Å²) in [4.78, 5) is 11.1. The van der Waals surface area contributed by atoms with Crippen molar-refractivity contribution in [2.45, 2.75) is 0 Å². The average Bonchev–Trinajstić information content (AvgIpc) is 2.27. The van der Waals surface area contributed by atoms with E-state index in [2.05, 4.69) is 16.6 Å². The van der Waals surface area contributed by atoms with Gasteiger partial charge in [-0.1, -0.05) is 43.0 Å². The number of alkyl carbamates (subject to hydrolysis) is 1. The van der Waals surface area contributed by atoms with Gasteiger partial charge in [0.15, 0.2) is 0 Å². The van der Waals surface area contributed by atoms with Crippen LogP contribution >= 0.6 is 0 Å². The molecule has 1 aromatic carbocycles. The van der Waals surface area contributed by atoms with E-state index in [0.717, 1.165) is 0 Å². The first-order chi connectivity index (χ1) is 7.24. The smallest absolute Gasteiger partial charge is 0.413 e. The van der Waals surface area contributed by atoms with Crippen LogP contribution in [0.2, 0.25) is 0 Å². The Labute approximate surface area is 88.1 Å². The topological polar surface area (TPSA) is 62.2 Å². The van der Waals surface area contributed by atoms with Gasteiger partial charge in [-0.25, -0.2) is 4.79 Å². The molecular formula is C11H12N2O2. The van der Waals surface area contributed by atoms with E-state index in [9.17, 15) is 4.79 Å². The van der Waals surface area contributed by atoms with E-state index >= 15 is 0 Å². The van der Waals surface area contributed by atoms with E-state index in [1.165, 1.54) is 6.08 Å². The molecule has 1 rings (SSSR count). The summed E-state index contributed by atoms with van der Waals surface area (Å²) in [6, 6.07) is 8.89. The summed E-state index contributed by atoms with van der Waals surface area (Å²) in [5.74, 6) is 0.0182. The lowest BCUT2D eigenvalue weighted by atomic mass is 10.2. The zero-order valence-electron chi connectivity index (χ0n) is 8.19. The molecule has 78 valence electrons. The van der Waals surface area contributed by atoms with E-state index in [0.29, 0.717) is 5.56 Å². The highest BCUT2D eigenvalue weighted by atomic mass is 16.5. The number of amidine groups is 1. The number of rotatable bonds is 3. The van der Waals surface area contributed by atoms with Gasteiger partial charge in [0.05, 0.1) is 0 Å². The maximum absolute atomic E-state index is 11.1. The summed E-state index contributed by atoms with van der Waals surface area (Å²) < 4.78 is 4.67. The molecule has 0 spiro atoms. The minimum atomic E-state index is -0.649. The lowest BCUT2D eigenvalue weighted by Crippen LogP contribution is -2.31. The van der Waals surface area contributed by atoms with Crippen molar-refractivity contribution in [3.8, 4) is 0 Å². The summed E-state index contributed by atoms with van der Waals surface area (Å²) in [5.41, 5.74) is 0.632. The normalized spacial score (nSPS) is 9.07. The fourth-order valence-electron chi connectivity index (χ4n) is 0.950. The van der Waals surface area contributed by atoms with Crippen LogP contribution < -0.4 is 5.32 Å². The SMILES string of the molecule is C=CCOC(=O)NC(=N)c1ccccc1. The van der Waals surface area contributed by atoms with Crippen molar-refractivity contribution >= 4 is 11.9 Å². The number of nitrogens with one attached hydrogen (secondary N) is 2. The highest BCUT2D eigenvalue weighted by Gasteiger charge is 2.05. The molecule has 0 aliphatic heterocycles. The van der Waals surface area contributed by atoms with Crippen molar-refractivity contribution < 1.29 is 9.53 Å². The third-order valence-electron chi connectivity index (χ3n) is 1.62. The van der Waals surface area contributed by atoms with Crippen LogP contribution in [0.3, 0.4) is 0 Å². The molecule has 0 aromatic heterocycles. The first-order valence-electron chi connectivity index (χ1n) is 4.42. The van der Waals surface area contributed by atoms with Crippen molar-refractivity contribution in [3.63, 3.8) is 0 Å². The highest BCUT2D eigenvalue weighted by molar-refractivity contribution is 6.04. The molecule has 0 atom stereocenters. The third-order valence-corrected chi connectivity index (χ3v) is 1.62. The number of hydrogen-bond acceptors (Lipinski definition) is 3. The van der Waals surface area contributed by atoms with Crippen LogP contribution in [0.4, 0.5) is 4.79 Å². The minimum absolute atomic E-state index is 0.0182. The zero-order valence-corrected chi connectivity index (χ0v) is 8.19. The fourth-order valence-corrected chi connectivity index (χ4v) is 0.950. The molecule has 0 fully saturated rings. The van der Waals surface area contributed by atoms with Gasteiger partial charge < -0.3 is 4.74 Å². The first-order valence-corrected chi connectivity index (χ1v) is 4.42. The number of carbonyl (C=O) groups is 1. The molecule has 0 heterocycles. The van der Waals surface area contributed by atoms with E-state index < -0.39 is 6.09 Å². The molecule has 0 unspecified atom stereocenters. The maximum atomic E-state index is 11.1. The summed E-state index contributed by atoms with van der Waals surface area (Å²) in [6.45, 7) is 3.54. The fraction of sp³-hybridized carbons (Fsp3) is 0.0909. The van der Waals surface area contributed by atoms with Crippen LogP contribution in [0.1, 0.15) is 5.56 Å². The van der Waals surface area contributed by atoms with Crippen LogP contribution in [-0.4, -0.2) is 18.5 Å². The number of benzene rings is 1. The Morgan fingerprint density at radius 3 is 2.73 bits per heavy atom. The van der Waals surface area contributed by atoms with E-state index in [4.69, 9.17) is 5.41 Å². The van der Waals surface area contributed by atoms with Crippen LogP contribution in [-0.2, 0) is 4.74 Å². The number of hydrogen-bond donors (Lipinski definition) is 2. The van der Waals surface area contributed by atoms with Gasteiger partial charge in [-0.2, -0.15) is 0 Å². The average molecular weight is 204 g/mol. The summed E-state index contributed by atoms with van der Waals surface area (Å²) >= 11 is 0. The van der Waals surface area contributed by atoms with Gasteiger partial charge >= 0.3 is 6.09 Å². The van der Waals surface area contributed by atoms with Crippen molar-refractivity contribution in [1.82, 2.24) is 5.32 Å². The molecular weight excluding hydrogens is 192 g/mol. The predicted octanol–water partition coefficient (Wildman–Crippen LogP) is 1.92. The summed E-state index contributed by atoms with van der Waals surface area (Å²) in [5, 5.41) is 9.86. The quantitative estimate of drug-likeness (QED) is 0.449. The van der Waals surface area contributed by atoms with Gasteiger partial charge in [0.2, 0.25) is 0 Å². The standard InChI is InChI=1S/C11H12N2O2/c1-2-8-15-11(14)13-10(12)9-6-4-3-5-7-9/h2-7H,1,8H2,(H2,12,13,14). The van der Waals surface area contributed by atoms with Crippen LogP contribution in [0, 0.1) is 5.41 Å². The summed E-state index contributed by atoms with van der Waals surface area (Å²) in [6.07, 6.45) is 0.815. The van der Waals surface area contributed by atoms with Gasteiger partial charge in [0.1, 0.15) is 12.4 Å². The predicted molar refractivity (Wildman–Crippen MR) is 58.0 cm³/mol. The molecule has 0 bridgehead atoms. The Morgan fingerprint density at radius 1 is 1.47 bits per heavy atom. The molecule has 4 heteroatoms. The second-order valence-electron chi connectivity index (χ2n) is 2.75. The molecule has 15 heavy (non-hydrogen) atoms. The Morgan fingerprint density at radius 2 is 2.13 bits per heavy atom. The van der Waals surface area contributed by atoms with E-state index in [-0.39, 0.29) is 12.4 Å². The van der Waals surface area contributed by atoms with Crippen molar-refractivity contribution in [2.75, 3.05) is 6.61 Å². The van der Waals surface area contributed by atoms with Crippen molar-refractivity contribution in [1.29, 1.82) is 5.41 Å². The van der Waals surface area contributed by atoms with E-state index in [1.54, 1.807) is 24.3 Å². The Bertz CT molecular complexity index is 360. The summed E-state index contributed by atoms with van der Waals surface area (Å²) in [7, 11) is 0. The largest absolute Gasteiger partial charge is 0.445 e. The molecule has 0 saturated carbocycles. The molecule has 1 aromatic rings. The molecule has 1 amide bonds. The first kappa shape index (κ1) is 11.0. The second kappa shape index (κ2) is 5.59. The maximum Gasteiger partial charge on any atom is 0.413 e. The van der Waals surface area contributed by atoms with Crippen molar-refractivity contribution in [2.24, 2.45) is 0 Å². The number of carbonyl (C=O) groups excluding carboxylic acids is 1. The Hall–Kier alpha value is -2.10. The third kappa shape index (κ3) is 3.64. The second-order valence-corrected chi connectivity index (χ2v) is 2.75. The lowest BCUT2D eigenvalue weighted by Gasteiger charge is -2.06. The number of ether oxygens (including phenoxy) is 1. The van der Waals surface area contributed by atoms with Crippen LogP contribution in [0.5, 0.6) is 0 Å². The van der Waals surface area contributed by atoms with Gasteiger partial charge in [0, 0.05) is 5.56 Å². The monoisotopic (exact) mass is 204 g/mol. The van der Waals surface area contributed by atoms with Crippen LogP contribution in [0.15, 0.2) is 43.0 Å². The lowest BCUT2D eigenvalue weighted by molar-refractivity contribution is 0.164. The molecule has 0 saturated heterocycles. The van der Waals surface area contributed by atoms with Gasteiger partial charge in [-0.05, 0) is 0 Å². The van der Waals surface area contributed by atoms with Gasteiger partial charge in [0.25, 0.3) is 0 Å². The van der Waals surface area contributed by atoms with Gasteiger partial charge in [-0.15, -0.1) is 0 Å². The molecule has 4 nitrogen and oxygen atoms in total. The minimum Gasteiger partial charge on any atom is -0.445 e. The van der Waals surface area contributed by atoms with Crippen molar-refractivity contribution in [3.05, 3.63) is 48.6 Å². The Kier molecular flexibility index (Phi) is 4.09. The van der Waals surface area contributed by atoms with Crippen LogP contribution in [0.25, 0.3) is 0 Å². The van der Waals surface area contributed by atoms with Gasteiger partial charge in [-0.3, -0.25) is 10.7 Å². The number of amides is 1. The molecule has 0 aliphatic rings. The Balaban J connectivity index is 2.49. The molecule has 2 N–H and O–H groups in total. The molecule has 0 aliphatic carbocycles.